The molecule has 0 aliphatic carbocycles. The van der Waals surface area contributed by atoms with E-state index in [1.54, 1.807) is 13.3 Å². The lowest BCUT2D eigenvalue weighted by Gasteiger charge is -2.11. The lowest BCUT2D eigenvalue weighted by molar-refractivity contribution is 0.305. The Hall–Kier alpha value is -1.75. The van der Waals surface area contributed by atoms with Crippen molar-refractivity contribution >= 4 is 21.7 Å². The Morgan fingerprint density at radius 1 is 1.21 bits per heavy atom. The van der Waals surface area contributed by atoms with Crippen molar-refractivity contribution in [2.45, 2.75) is 0 Å². The average molecular weight is 323 g/mol. The van der Waals surface area contributed by atoms with Crippen molar-refractivity contribution in [3.05, 3.63) is 47.1 Å². The van der Waals surface area contributed by atoms with Gasteiger partial charge in [-0.2, -0.15) is 0 Å². The van der Waals surface area contributed by atoms with Gasteiger partial charge in [0.2, 0.25) is 0 Å². The van der Waals surface area contributed by atoms with Crippen molar-refractivity contribution in [1.82, 2.24) is 4.98 Å². The summed E-state index contributed by atoms with van der Waals surface area (Å²) in [5.74, 6) is 2.29. The molecule has 0 aliphatic rings. The van der Waals surface area contributed by atoms with Gasteiger partial charge in [-0.1, -0.05) is 22.0 Å². The predicted molar refractivity (Wildman–Crippen MR) is 78.9 cm³/mol. The Kier molecular flexibility index (Phi) is 5.03. The monoisotopic (exact) mass is 322 g/mol. The van der Waals surface area contributed by atoms with Crippen LogP contribution in [0.25, 0.3) is 0 Å². The lowest BCUT2D eigenvalue weighted by Crippen LogP contribution is -2.12. The first kappa shape index (κ1) is 13.7. The molecule has 1 N–H and O–H groups in total. The van der Waals surface area contributed by atoms with Gasteiger partial charge in [0.05, 0.1) is 13.7 Å². The number of hydrogen-bond donors (Lipinski definition) is 1. The van der Waals surface area contributed by atoms with E-state index in [1.165, 1.54) is 0 Å². The number of aromatic nitrogens is 1. The fourth-order valence-corrected chi connectivity index (χ4v) is 1.91. The molecule has 0 fully saturated rings. The maximum atomic E-state index is 5.67. The summed E-state index contributed by atoms with van der Waals surface area (Å²) in [6.07, 6.45) is 1.75. The van der Waals surface area contributed by atoms with Crippen LogP contribution < -0.4 is 14.8 Å². The molecular formula is C14H15BrN2O2. The number of nitrogens with one attached hydrogen (secondary N) is 1. The van der Waals surface area contributed by atoms with Crippen molar-refractivity contribution in [1.29, 1.82) is 0 Å². The van der Waals surface area contributed by atoms with Crippen LogP contribution in [-0.4, -0.2) is 25.2 Å². The first-order valence-electron chi connectivity index (χ1n) is 5.91. The molecule has 0 saturated heterocycles. The summed E-state index contributed by atoms with van der Waals surface area (Å²) < 4.78 is 11.9. The van der Waals surface area contributed by atoms with Crippen LogP contribution in [0.15, 0.2) is 47.1 Å². The van der Waals surface area contributed by atoms with E-state index >= 15 is 0 Å². The molecule has 19 heavy (non-hydrogen) atoms. The van der Waals surface area contributed by atoms with E-state index in [2.05, 4.69) is 26.2 Å². The minimum atomic E-state index is 0.536. The van der Waals surface area contributed by atoms with Gasteiger partial charge in [-0.3, -0.25) is 0 Å². The summed E-state index contributed by atoms with van der Waals surface area (Å²) in [5, 5.41) is 3.18. The van der Waals surface area contributed by atoms with Gasteiger partial charge in [-0.05, 0) is 30.3 Å². The molecule has 2 aromatic rings. The van der Waals surface area contributed by atoms with E-state index in [0.717, 1.165) is 16.0 Å². The molecule has 1 aromatic carbocycles. The Labute approximate surface area is 120 Å². The summed E-state index contributed by atoms with van der Waals surface area (Å²) in [6.45, 7) is 1.21. The highest BCUT2D eigenvalue weighted by Gasteiger charge is 2.04. The molecule has 0 amide bonds. The van der Waals surface area contributed by atoms with E-state index < -0.39 is 0 Å². The molecule has 0 aliphatic heterocycles. The lowest BCUT2D eigenvalue weighted by atomic mass is 10.3. The minimum absolute atomic E-state index is 0.536. The Morgan fingerprint density at radius 2 is 2.11 bits per heavy atom. The van der Waals surface area contributed by atoms with Crippen LogP contribution in [0.5, 0.6) is 11.5 Å². The van der Waals surface area contributed by atoms with Crippen LogP contribution in [0, 0.1) is 0 Å². The second-order valence-corrected chi connectivity index (χ2v) is 4.70. The van der Waals surface area contributed by atoms with E-state index in [1.807, 2.05) is 36.4 Å². The fourth-order valence-electron chi connectivity index (χ4n) is 1.57. The molecule has 4 nitrogen and oxygen atoms in total. The van der Waals surface area contributed by atoms with Gasteiger partial charge in [-0.25, -0.2) is 4.98 Å². The largest absolute Gasteiger partial charge is 0.493 e. The molecule has 0 spiro atoms. The average Bonchev–Trinajstić information content (AvgIpc) is 2.46. The number of rotatable bonds is 6. The zero-order valence-corrected chi connectivity index (χ0v) is 12.2. The molecule has 0 bridgehead atoms. The third kappa shape index (κ3) is 4.13. The van der Waals surface area contributed by atoms with Crippen LogP contribution in [0.4, 0.5) is 5.82 Å². The van der Waals surface area contributed by atoms with E-state index in [0.29, 0.717) is 18.9 Å². The number of halogens is 1. The van der Waals surface area contributed by atoms with Gasteiger partial charge >= 0.3 is 0 Å². The SMILES string of the molecule is COc1cc(Br)ccc1OCCNc1ccccn1. The quantitative estimate of drug-likeness (QED) is 0.828. The van der Waals surface area contributed by atoms with Crippen LogP contribution >= 0.6 is 15.9 Å². The summed E-state index contributed by atoms with van der Waals surface area (Å²) in [5.41, 5.74) is 0. The highest BCUT2D eigenvalue weighted by molar-refractivity contribution is 9.10. The minimum Gasteiger partial charge on any atom is -0.493 e. The number of nitrogens with zero attached hydrogens (tertiary/aromatic N) is 1. The molecule has 0 unspecified atom stereocenters. The van der Waals surface area contributed by atoms with Crippen LogP contribution in [0.1, 0.15) is 0 Å². The van der Waals surface area contributed by atoms with E-state index in [-0.39, 0.29) is 0 Å². The zero-order valence-electron chi connectivity index (χ0n) is 10.6. The number of pyridine rings is 1. The first-order valence-corrected chi connectivity index (χ1v) is 6.70. The first-order chi connectivity index (χ1) is 9.29. The number of methoxy groups -OCH3 is 1. The second-order valence-electron chi connectivity index (χ2n) is 3.79. The van der Waals surface area contributed by atoms with Crippen LogP contribution in [0.3, 0.4) is 0 Å². The summed E-state index contributed by atoms with van der Waals surface area (Å²) in [7, 11) is 1.63. The van der Waals surface area contributed by atoms with Crippen molar-refractivity contribution < 1.29 is 9.47 Å². The Balaban J connectivity index is 1.83. The van der Waals surface area contributed by atoms with E-state index in [9.17, 15) is 0 Å². The smallest absolute Gasteiger partial charge is 0.161 e. The molecule has 1 aromatic heterocycles. The Morgan fingerprint density at radius 3 is 2.84 bits per heavy atom. The van der Waals surface area contributed by atoms with Crippen molar-refractivity contribution in [3.63, 3.8) is 0 Å². The van der Waals surface area contributed by atoms with Gasteiger partial charge in [0.1, 0.15) is 12.4 Å². The topological polar surface area (TPSA) is 43.4 Å². The molecule has 2 rings (SSSR count). The summed E-state index contributed by atoms with van der Waals surface area (Å²) in [4.78, 5) is 4.17. The highest BCUT2D eigenvalue weighted by atomic mass is 79.9. The maximum Gasteiger partial charge on any atom is 0.161 e. The standard InChI is InChI=1S/C14H15BrN2O2/c1-18-13-10-11(15)5-6-12(13)19-9-8-17-14-4-2-3-7-16-14/h2-7,10H,8-9H2,1H3,(H,16,17). The predicted octanol–water partition coefficient (Wildman–Crippen LogP) is 3.34. The van der Waals surface area contributed by atoms with Gasteiger partial charge in [0.15, 0.2) is 11.5 Å². The molecule has 0 saturated carbocycles. The summed E-state index contributed by atoms with van der Waals surface area (Å²) in [6, 6.07) is 11.4. The fraction of sp³-hybridized carbons (Fsp3) is 0.214. The summed E-state index contributed by atoms with van der Waals surface area (Å²) >= 11 is 3.39. The molecule has 100 valence electrons. The normalized spacial score (nSPS) is 10.0. The van der Waals surface area contributed by atoms with Crippen LogP contribution in [-0.2, 0) is 0 Å². The van der Waals surface area contributed by atoms with Gasteiger partial charge in [-0.15, -0.1) is 0 Å². The van der Waals surface area contributed by atoms with Gasteiger partial charge in [0, 0.05) is 10.7 Å². The van der Waals surface area contributed by atoms with Crippen molar-refractivity contribution in [2.24, 2.45) is 0 Å². The number of anilines is 1. The zero-order chi connectivity index (χ0) is 13.5. The number of hydrogen-bond acceptors (Lipinski definition) is 4. The number of ether oxygens (including phenoxy) is 2. The molecule has 5 heteroatoms. The van der Waals surface area contributed by atoms with Crippen LogP contribution in [0.2, 0.25) is 0 Å². The number of benzene rings is 1. The Bertz CT molecular complexity index is 520. The van der Waals surface area contributed by atoms with E-state index in [4.69, 9.17) is 9.47 Å². The second kappa shape index (κ2) is 6.99. The maximum absolute atomic E-state index is 5.67. The molecule has 0 radical (unpaired) electrons. The van der Waals surface area contributed by atoms with Gasteiger partial charge < -0.3 is 14.8 Å². The third-order valence-electron chi connectivity index (χ3n) is 2.46. The third-order valence-corrected chi connectivity index (χ3v) is 2.95. The molecule has 0 atom stereocenters. The molecule has 1 heterocycles. The highest BCUT2D eigenvalue weighted by Crippen LogP contribution is 2.29. The molecular weight excluding hydrogens is 308 g/mol. The van der Waals surface area contributed by atoms with Crippen molar-refractivity contribution in [2.75, 3.05) is 25.6 Å². The van der Waals surface area contributed by atoms with Gasteiger partial charge in [0.25, 0.3) is 0 Å². The van der Waals surface area contributed by atoms with Crippen molar-refractivity contribution in [3.8, 4) is 11.5 Å².